The van der Waals surface area contributed by atoms with Gasteiger partial charge in [0.25, 0.3) is 0 Å². The van der Waals surface area contributed by atoms with Gasteiger partial charge < -0.3 is 9.53 Å². The predicted octanol–water partition coefficient (Wildman–Crippen LogP) is 5.15. The molecule has 0 amide bonds. The molecule has 0 aromatic carbocycles. The zero-order chi connectivity index (χ0) is 16.2. The van der Waals surface area contributed by atoms with E-state index in [0.29, 0.717) is 23.2 Å². The van der Waals surface area contributed by atoms with E-state index in [0.717, 1.165) is 25.0 Å². The molecule has 5 atom stereocenters. The number of ether oxygens (including phenoxy) is 1. The molecule has 3 rings (SSSR count). The second-order valence-corrected chi connectivity index (χ2v) is 9.77. The van der Waals surface area contributed by atoms with Gasteiger partial charge in [-0.3, -0.25) is 0 Å². The zero-order valence-electron chi connectivity index (χ0n) is 15.2. The van der Waals surface area contributed by atoms with E-state index in [-0.39, 0.29) is 11.2 Å². The Morgan fingerprint density at radius 1 is 0.955 bits per heavy atom. The molecule has 0 bridgehead atoms. The quantitative estimate of drug-likeness (QED) is 0.660. The van der Waals surface area contributed by atoms with Crippen LogP contribution >= 0.6 is 0 Å². The number of carbonyl (C=O) groups is 1. The van der Waals surface area contributed by atoms with Crippen LogP contribution in [0.4, 0.5) is 0 Å². The summed E-state index contributed by atoms with van der Waals surface area (Å²) in [7, 11) is 0. The molecule has 126 valence electrons. The SMILES string of the molecule is CC1(C)CCC[C@@]2(C)[C@H]1CC[C@@]1(C)O[C@](C)(CC=O)CC[C@@H]21. The lowest BCUT2D eigenvalue weighted by molar-refractivity contribution is -0.264. The lowest BCUT2D eigenvalue weighted by Crippen LogP contribution is -2.62. The Morgan fingerprint density at radius 2 is 1.64 bits per heavy atom. The summed E-state index contributed by atoms with van der Waals surface area (Å²) in [5.41, 5.74) is 0.615. The van der Waals surface area contributed by atoms with Gasteiger partial charge in [0.15, 0.2) is 0 Å². The maximum Gasteiger partial charge on any atom is 0.122 e. The third-order valence-corrected chi connectivity index (χ3v) is 7.70. The van der Waals surface area contributed by atoms with Gasteiger partial charge in [0.05, 0.1) is 11.2 Å². The summed E-state index contributed by atoms with van der Waals surface area (Å²) in [6, 6.07) is 0. The van der Waals surface area contributed by atoms with E-state index in [1.165, 1.54) is 32.1 Å². The predicted molar refractivity (Wildman–Crippen MR) is 89.8 cm³/mol. The summed E-state index contributed by atoms with van der Waals surface area (Å²) in [4.78, 5) is 11.0. The average Bonchev–Trinajstić information content (AvgIpc) is 2.36. The Kier molecular flexibility index (Phi) is 3.79. The number of aldehydes is 1. The monoisotopic (exact) mass is 306 g/mol. The Bertz CT molecular complexity index is 457. The summed E-state index contributed by atoms with van der Waals surface area (Å²) in [5.74, 6) is 1.48. The standard InChI is InChI=1S/C20H34O2/c1-17(2)9-6-10-19(4)15(17)8-12-20(5)16(19)7-11-18(3,22-20)13-14-21/h14-16H,6-13H2,1-5H3/t15-,16-,18-,19-,20+/m0/s1. The van der Waals surface area contributed by atoms with Gasteiger partial charge in [0, 0.05) is 6.42 Å². The van der Waals surface area contributed by atoms with Gasteiger partial charge in [0.1, 0.15) is 6.29 Å². The molecule has 0 spiro atoms. The lowest BCUT2D eigenvalue weighted by atomic mass is 9.44. The number of carbonyl (C=O) groups excluding carboxylic acids is 1. The van der Waals surface area contributed by atoms with Gasteiger partial charge in [-0.2, -0.15) is 0 Å². The van der Waals surface area contributed by atoms with Gasteiger partial charge in [-0.15, -0.1) is 0 Å². The fourth-order valence-corrected chi connectivity index (χ4v) is 6.75. The highest BCUT2D eigenvalue weighted by molar-refractivity contribution is 5.51. The maximum atomic E-state index is 11.0. The highest BCUT2D eigenvalue weighted by Gasteiger charge is 2.61. The van der Waals surface area contributed by atoms with Crippen LogP contribution in [0.5, 0.6) is 0 Å². The molecule has 1 saturated heterocycles. The van der Waals surface area contributed by atoms with Crippen LogP contribution in [-0.2, 0) is 9.53 Å². The minimum Gasteiger partial charge on any atom is -0.368 e. The van der Waals surface area contributed by atoms with Gasteiger partial charge >= 0.3 is 0 Å². The molecule has 0 N–H and O–H groups in total. The van der Waals surface area contributed by atoms with Crippen LogP contribution in [0.1, 0.15) is 86.0 Å². The van der Waals surface area contributed by atoms with Gasteiger partial charge in [-0.05, 0) is 75.0 Å². The second kappa shape index (κ2) is 5.06. The van der Waals surface area contributed by atoms with Crippen molar-refractivity contribution in [2.75, 3.05) is 0 Å². The lowest BCUT2D eigenvalue weighted by Gasteiger charge is -2.65. The van der Waals surface area contributed by atoms with Crippen LogP contribution in [0, 0.1) is 22.7 Å². The van der Waals surface area contributed by atoms with E-state index in [1.54, 1.807) is 0 Å². The van der Waals surface area contributed by atoms with Gasteiger partial charge in [-0.25, -0.2) is 0 Å². The third-order valence-electron chi connectivity index (χ3n) is 7.70. The van der Waals surface area contributed by atoms with E-state index in [9.17, 15) is 4.79 Å². The minimum atomic E-state index is -0.236. The van der Waals surface area contributed by atoms with Crippen LogP contribution in [-0.4, -0.2) is 17.5 Å². The molecule has 22 heavy (non-hydrogen) atoms. The molecule has 2 heteroatoms. The topological polar surface area (TPSA) is 26.3 Å². The molecule has 1 aliphatic heterocycles. The normalized spacial score (nSPS) is 50.8. The van der Waals surface area contributed by atoms with E-state index in [4.69, 9.17) is 4.74 Å². The Balaban J connectivity index is 1.90. The van der Waals surface area contributed by atoms with Crippen LogP contribution in [0.25, 0.3) is 0 Å². The van der Waals surface area contributed by atoms with Crippen molar-refractivity contribution in [1.29, 1.82) is 0 Å². The van der Waals surface area contributed by atoms with E-state index < -0.39 is 0 Å². The zero-order valence-corrected chi connectivity index (χ0v) is 15.2. The molecule has 3 aliphatic rings. The van der Waals surface area contributed by atoms with Crippen molar-refractivity contribution >= 4 is 6.29 Å². The molecular formula is C20H34O2. The molecule has 2 aliphatic carbocycles. The minimum absolute atomic E-state index is 0.0331. The smallest absolute Gasteiger partial charge is 0.122 e. The first-order valence-corrected chi connectivity index (χ1v) is 9.29. The second-order valence-electron chi connectivity index (χ2n) is 9.77. The number of rotatable bonds is 2. The van der Waals surface area contributed by atoms with Crippen molar-refractivity contribution in [2.45, 2.75) is 97.2 Å². The van der Waals surface area contributed by atoms with Crippen LogP contribution in [0.2, 0.25) is 0 Å². The van der Waals surface area contributed by atoms with Crippen molar-refractivity contribution in [3.63, 3.8) is 0 Å². The molecule has 0 radical (unpaired) electrons. The van der Waals surface area contributed by atoms with Crippen molar-refractivity contribution < 1.29 is 9.53 Å². The summed E-state index contributed by atoms with van der Waals surface area (Å²) >= 11 is 0. The van der Waals surface area contributed by atoms with Gasteiger partial charge in [0.2, 0.25) is 0 Å². The molecule has 2 nitrogen and oxygen atoms in total. The molecule has 0 aromatic heterocycles. The Morgan fingerprint density at radius 3 is 2.32 bits per heavy atom. The molecule has 0 unspecified atom stereocenters. The summed E-state index contributed by atoms with van der Waals surface area (Å²) in [6.45, 7) is 12.0. The van der Waals surface area contributed by atoms with Crippen molar-refractivity contribution in [2.24, 2.45) is 22.7 Å². The highest BCUT2D eigenvalue weighted by Crippen LogP contribution is 2.65. The summed E-state index contributed by atoms with van der Waals surface area (Å²) in [5, 5.41) is 0. The number of hydrogen-bond donors (Lipinski definition) is 0. The van der Waals surface area contributed by atoms with E-state index >= 15 is 0 Å². The first-order valence-electron chi connectivity index (χ1n) is 9.29. The first-order chi connectivity index (χ1) is 10.2. The molecule has 0 aromatic rings. The largest absolute Gasteiger partial charge is 0.368 e. The van der Waals surface area contributed by atoms with Crippen molar-refractivity contribution in [3.8, 4) is 0 Å². The maximum absolute atomic E-state index is 11.0. The Hall–Kier alpha value is -0.370. The van der Waals surface area contributed by atoms with Crippen LogP contribution in [0.15, 0.2) is 0 Å². The molecule has 2 saturated carbocycles. The van der Waals surface area contributed by atoms with Crippen molar-refractivity contribution in [3.05, 3.63) is 0 Å². The highest BCUT2D eigenvalue weighted by atomic mass is 16.5. The Labute approximate surface area is 136 Å². The molecular weight excluding hydrogens is 272 g/mol. The average molecular weight is 306 g/mol. The van der Waals surface area contributed by atoms with Gasteiger partial charge in [-0.1, -0.05) is 27.2 Å². The van der Waals surface area contributed by atoms with E-state index in [1.807, 2.05) is 0 Å². The number of hydrogen-bond acceptors (Lipinski definition) is 2. The third kappa shape index (κ3) is 2.37. The van der Waals surface area contributed by atoms with E-state index in [2.05, 4.69) is 34.6 Å². The van der Waals surface area contributed by atoms with Crippen molar-refractivity contribution in [1.82, 2.24) is 0 Å². The fourth-order valence-electron chi connectivity index (χ4n) is 6.75. The number of fused-ring (bicyclic) bond motifs is 3. The first kappa shape index (κ1) is 16.5. The van der Waals surface area contributed by atoms with Crippen LogP contribution < -0.4 is 0 Å². The molecule has 1 heterocycles. The summed E-state index contributed by atoms with van der Waals surface area (Å²) in [6.07, 6.45) is 10.4. The fraction of sp³-hybridized carbons (Fsp3) is 0.950. The van der Waals surface area contributed by atoms with Crippen LogP contribution in [0.3, 0.4) is 0 Å². The molecule has 3 fully saturated rings. The summed E-state index contributed by atoms with van der Waals surface area (Å²) < 4.78 is 6.66.